The van der Waals surface area contributed by atoms with Crippen LogP contribution in [0.15, 0.2) is 67.0 Å². The van der Waals surface area contributed by atoms with Crippen molar-refractivity contribution in [1.29, 1.82) is 0 Å². The van der Waals surface area contributed by atoms with Crippen LogP contribution in [0.3, 0.4) is 0 Å². The summed E-state index contributed by atoms with van der Waals surface area (Å²) >= 11 is 0. The monoisotopic (exact) mass is 515 g/mol. The molecule has 1 saturated carbocycles. The van der Waals surface area contributed by atoms with Crippen molar-refractivity contribution in [3.8, 4) is 11.1 Å². The van der Waals surface area contributed by atoms with Crippen LogP contribution in [0.4, 0.5) is 11.6 Å². The molecule has 8 heteroatoms. The number of benzene rings is 1. The third-order valence-corrected chi connectivity index (χ3v) is 6.64. The number of carbonyl (C=O) groups excluding carboxylic acids is 2. The van der Waals surface area contributed by atoms with Gasteiger partial charge in [0.15, 0.2) is 0 Å². The highest BCUT2D eigenvalue weighted by Gasteiger charge is 2.30. The number of aliphatic hydroxyl groups is 1. The summed E-state index contributed by atoms with van der Waals surface area (Å²) in [6.45, 7) is -1.04. The van der Waals surface area contributed by atoms with Crippen LogP contribution in [0.5, 0.6) is 0 Å². The smallest absolute Gasteiger partial charge is 0.330 e. The third kappa shape index (κ3) is 6.83. The van der Waals surface area contributed by atoms with Crippen LogP contribution in [-0.4, -0.2) is 54.3 Å². The van der Waals surface area contributed by atoms with E-state index in [-0.39, 0.29) is 11.8 Å². The van der Waals surface area contributed by atoms with Gasteiger partial charge in [0.2, 0.25) is 5.91 Å². The van der Waals surface area contributed by atoms with Gasteiger partial charge in [0.1, 0.15) is 11.6 Å². The number of carbonyl (C=O) groups is 2. The van der Waals surface area contributed by atoms with Gasteiger partial charge in [-0.25, -0.2) is 14.8 Å². The highest BCUT2D eigenvalue weighted by molar-refractivity contribution is 5.94. The van der Waals surface area contributed by atoms with Gasteiger partial charge in [0.05, 0.1) is 21.1 Å². The summed E-state index contributed by atoms with van der Waals surface area (Å²) in [5, 5.41) is 9.95. The molecule has 1 N–H and O–H groups in total. The maximum Gasteiger partial charge on any atom is 0.330 e. The predicted octanol–water partition coefficient (Wildman–Crippen LogP) is 4.48. The topological polar surface area (TPSA) is 95.9 Å². The lowest BCUT2D eigenvalue weighted by molar-refractivity contribution is -0.134. The lowest BCUT2D eigenvalue weighted by Crippen LogP contribution is -2.38. The molecule has 0 spiro atoms. The molecule has 0 saturated heterocycles. The van der Waals surface area contributed by atoms with E-state index in [0.717, 1.165) is 16.9 Å². The molecule has 0 aliphatic heterocycles. The number of nitrogens with zero attached hydrogens (tertiary/aromatic N) is 4. The molecular formula is C30H34N4O4. The van der Waals surface area contributed by atoms with E-state index in [1.807, 2.05) is 61.6 Å². The second-order valence-electron chi connectivity index (χ2n) is 9.57. The van der Waals surface area contributed by atoms with Crippen LogP contribution in [0, 0.1) is 5.92 Å². The van der Waals surface area contributed by atoms with E-state index in [1.54, 1.807) is 24.4 Å². The molecule has 1 fully saturated rings. The van der Waals surface area contributed by atoms with E-state index in [2.05, 4.69) is 14.7 Å². The summed E-state index contributed by atoms with van der Waals surface area (Å²) in [4.78, 5) is 37.6. The number of methoxy groups -OCH3 is 1. The molecule has 198 valence electrons. The summed E-state index contributed by atoms with van der Waals surface area (Å²) < 4.78 is 13.8. The van der Waals surface area contributed by atoms with Gasteiger partial charge in [0.25, 0.3) is 0 Å². The lowest BCUT2D eigenvalue weighted by Gasteiger charge is -2.30. The Balaban J connectivity index is 1.64. The van der Waals surface area contributed by atoms with Crippen molar-refractivity contribution in [2.45, 2.75) is 38.3 Å². The number of esters is 1. The fraction of sp³-hybridized carbons (Fsp3) is 0.333. The predicted molar refractivity (Wildman–Crippen MR) is 148 cm³/mol. The molecular weight excluding hydrogens is 480 g/mol. The number of aliphatic hydroxyl groups excluding tert-OH is 1. The SMILES string of the molecule is [2H]C(c1ccc(-c2ccc(N(C)C)nc2)cc1)N(C(=O)C1CCC(O)CC1)c1cc(/C=C/C(=O)OC)ccn1. The van der Waals surface area contributed by atoms with E-state index >= 15 is 0 Å². The molecule has 2 heterocycles. The Morgan fingerprint density at radius 1 is 1.03 bits per heavy atom. The van der Waals surface area contributed by atoms with E-state index in [0.29, 0.717) is 42.6 Å². The molecule has 1 atom stereocenters. The Hall–Kier alpha value is -4.04. The molecule has 1 unspecified atom stereocenters. The Labute approximate surface area is 225 Å². The minimum absolute atomic E-state index is 0.198. The molecule has 1 aromatic carbocycles. The number of rotatable bonds is 8. The first-order valence-electron chi connectivity index (χ1n) is 13.2. The lowest BCUT2D eigenvalue weighted by atomic mass is 9.86. The molecule has 3 aromatic rings. The molecule has 1 aliphatic carbocycles. The number of anilines is 2. The van der Waals surface area contributed by atoms with Crippen LogP contribution < -0.4 is 9.80 Å². The number of amides is 1. The summed E-state index contributed by atoms with van der Waals surface area (Å²) in [5.74, 6) is 0.189. The minimum Gasteiger partial charge on any atom is -0.466 e. The highest BCUT2D eigenvalue weighted by Crippen LogP contribution is 2.29. The van der Waals surface area contributed by atoms with E-state index < -0.39 is 18.6 Å². The zero-order chi connectivity index (χ0) is 27.9. The van der Waals surface area contributed by atoms with Crippen molar-refractivity contribution in [3.63, 3.8) is 0 Å². The van der Waals surface area contributed by atoms with Gasteiger partial charge in [0, 0.05) is 44.0 Å². The van der Waals surface area contributed by atoms with Gasteiger partial charge in [-0.2, -0.15) is 0 Å². The van der Waals surface area contributed by atoms with Gasteiger partial charge in [-0.3, -0.25) is 9.69 Å². The molecule has 2 aromatic heterocycles. The standard InChI is InChI=1S/C30H34N4O4/c1-33(2)27-14-11-25(19-32-27)23-7-4-22(5-8-23)20-34(30(37)24-9-12-26(35)13-10-24)28-18-21(16-17-31-28)6-15-29(36)38-3/h4-8,11,14-19,24,26,35H,9-10,12-13,20H2,1-3H3/b15-6+/i20D. The molecule has 38 heavy (non-hydrogen) atoms. The number of aromatic nitrogens is 2. The fourth-order valence-electron chi connectivity index (χ4n) is 4.40. The average Bonchev–Trinajstić information content (AvgIpc) is 2.96. The Bertz CT molecular complexity index is 1300. The second kappa shape index (κ2) is 12.5. The minimum atomic E-state index is -1.04. The van der Waals surface area contributed by atoms with Crippen LogP contribution in [0.25, 0.3) is 17.2 Å². The van der Waals surface area contributed by atoms with Gasteiger partial charge >= 0.3 is 5.97 Å². The van der Waals surface area contributed by atoms with Crippen molar-refractivity contribution in [2.75, 3.05) is 31.0 Å². The maximum absolute atomic E-state index is 13.8. The zero-order valence-electron chi connectivity index (χ0n) is 22.9. The summed E-state index contributed by atoms with van der Waals surface area (Å²) in [6, 6.07) is 14.9. The summed E-state index contributed by atoms with van der Waals surface area (Å²) in [7, 11) is 5.18. The molecule has 1 aliphatic rings. The number of pyridine rings is 2. The first-order valence-corrected chi connectivity index (χ1v) is 12.7. The van der Waals surface area contributed by atoms with Crippen LogP contribution >= 0.6 is 0 Å². The maximum atomic E-state index is 13.8. The number of ether oxygens (including phenoxy) is 1. The van der Waals surface area contributed by atoms with E-state index in [1.165, 1.54) is 18.1 Å². The number of hydrogen-bond donors (Lipinski definition) is 1. The van der Waals surface area contributed by atoms with Gasteiger partial charge in [-0.05, 0) is 72.7 Å². The second-order valence-corrected chi connectivity index (χ2v) is 9.57. The summed E-state index contributed by atoms with van der Waals surface area (Å²) in [5.41, 5.74) is 3.20. The highest BCUT2D eigenvalue weighted by atomic mass is 16.5. The van der Waals surface area contributed by atoms with Crippen molar-refractivity contribution in [1.82, 2.24) is 9.97 Å². The first-order chi connectivity index (χ1) is 18.8. The molecule has 1 amide bonds. The van der Waals surface area contributed by atoms with E-state index in [4.69, 9.17) is 1.37 Å². The molecule has 4 rings (SSSR count). The zero-order valence-corrected chi connectivity index (χ0v) is 21.9. The number of hydrogen-bond acceptors (Lipinski definition) is 7. The molecule has 8 nitrogen and oxygen atoms in total. The van der Waals surface area contributed by atoms with Crippen molar-refractivity contribution >= 4 is 29.6 Å². The Kier molecular flexibility index (Phi) is 8.40. The fourth-order valence-corrected chi connectivity index (χ4v) is 4.40. The quantitative estimate of drug-likeness (QED) is 0.349. The largest absolute Gasteiger partial charge is 0.466 e. The van der Waals surface area contributed by atoms with Gasteiger partial charge < -0.3 is 14.7 Å². The van der Waals surface area contributed by atoms with Gasteiger partial charge in [-0.1, -0.05) is 24.3 Å². The average molecular weight is 516 g/mol. The molecule has 0 bridgehead atoms. The van der Waals surface area contributed by atoms with Crippen LogP contribution in [0.2, 0.25) is 0 Å². The van der Waals surface area contributed by atoms with Crippen LogP contribution in [0.1, 0.15) is 38.2 Å². The van der Waals surface area contributed by atoms with Crippen molar-refractivity contribution in [2.24, 2.45) is 5.92 Å². The molecule has 0 radical (unpaired) electrons. The Morgan fingerprint density at radius 2 is 1.74 bits per heavy atom. The van der Waals surface area contributed by atoms with Crippen LogP contribution in [-0.2, 0) is 20.8 Å². The Morgan fingerprint density at radius 3 is 2.37 bits per heavy atom. The third-order valence-electron chi connectivity index (χ3n) is 6.64. The first kappa shape index (κ1) is 25.6. The van der Waals surface area contributed by atoms with Gasteiger partial charge in [-0.15, -0.1) is 0 Å². The summed E-state index contributed by atoms with van der Waals surface area (Å²) in [6.07, 6.45) is 8.07. The van der Waals surface area contributed by atoms with Crippen molar-refractivity contribution < 1.29 is 20.8 Å². The normalized spacial score (nSPS) is 18.5. The van der Waals surface area contributed by atoms with E-state index in [9.17, 15) is 14.7 Å². The van der Waals surface area contributed by atoms with Crippen molar-refractivity contribution in [3.05, 3.63) is 78.1 Å².